The molecule has 6 aromatic rings. The van der Waals surface area contributed by atoms with Crippen LogP contribution >= 0.6 is 0 Å². The number of fused-ring (bicyclic) bond motifs is 2. The van der Waals surface area contributed by atoms with E-state index in [0.717, 1.165) is 18.2 Å². The number of nitrogens with zero attached hydrogens (tertiary/aromatic N) is 4. The molecular weight excluding hydrogens is 906 g/mol. The van der Waals surface area contributed by atoms with Crippen molar-refractivity contribution in [2.45, 2.75) is 21.6 Å². The first-order chi connectivity index (χ1) is 27.7. The number of phenols is 2. The summed E-state index contributed by atoms with van der Waals surface area (Å²) in [4.78, 5) is 10.9. The monoisotopic (exact) mass is 935 g/mol. The number of aromatic hydroxyl groups is 2. The Kier molecular flexibility index (Phi) is 17.7. The number of azo groups is 2. The number of benzene rings is 6. The van der Waals surface area contributed by atoms with Gasteiger partial charge in [-0.1, -0.05) is 12.1 Å². The number of hydrogen-bond donors (Lipinski definition) is 7. The van der Waals surface area contributed by atoms with Gasteiger partial charge in [0.15, 0.2) is 11.5 Å². The number of amides is 2. The van der Waals surface area contributed by atoms with Crippen LogP contribution in [0, 0.1) is 6.92 Å². The number of para-hydroxylation sites is 1. The van der Waals surface area contributed by atoms with Crippen LogP contribution in [0.3, 0.4) is 0 Å². The van der Waals surface area contributed by atoms with Crippen molar-refractivity contribution in [2.75, 3.05) is 24.9 Å². The Bertz CT molecular complexity index is 3140. The van der Waals surface area contributed by atoms with Crippen LogP contribution in [0.4, 0.5) is 38.9 Å². The van der Waals surface area contributed by atoms with Crippen LogP contribution in [0.15, 0.2) is 120 Å². The zero-order valence-corrected chi connectivity index (χ0v) is 42.0. The van der Waals surface area contributed by atoms with Gasteiger partial charge in [-0.3, -0.25) is 13.7 Å². The van der Waals surface area contributed by atoms with Crippen molar-refractivity contribution in [3.8, 4) is 23.0 Å². The van der Waals surface area contributed by atoms with Gasteiger partial charge in [0.1, 0.15) is 48.9 Å². The van der Waals surface area contributed by atoms with Crippen LogP contribution in [-0.4, -0.2) is 158 Å². The average Bonchev–Trinajstić information content (AvgIpc) is 3.15. The third-order valence-electron chi connectivity index (χ3n) is 8.53. The van der Waals surface area contributed by atoms with E-state index in [-0.39, 0.29) is 144 Å². The number of ether oxygens (including phenoxy) is 2. The molecule has 309 valence electrons. The molecule has 0 aliphatic carbocycles. The number of anilines is 2. The van der Waals surface area contributed by atoms with E-state index in [0.29, 0.717) is 5.75 Å². The summed E-state index contributed by atoms with van der Waals surface area (Å²) in [5, 5.41) is 42.9. The summed E-state index contributed by atoms with van der Waals surface area (Å²) in [6.45, 7) is 1.34. The van der Waals surface area contributed by atoms with E-state index in [1.165, 1.54) is 69.7 Å². The van der Waals surface area contributed by atoms with Gasteiger partial charge in [-0.25, -0.2) is 4.79 Å². The second-order valence-electron chi connectivity index (χ2n) is 12.4. The number of nitrogens with one attached hydrogen (secondary N) is 2. The first-order valence-corrected chi connectivity index (χ1v) is 20.8. The summed E-state index contributed by atoms with van der Waals surface area (Å²) >= 11 is 0. The minimum absolute atomic E-state index is 0. The van der Waals surface area contributed by atoms with E-state index in [9.17, 15) is 53.9 Å². The largest absolute Gasteiger partial charge is 0.505 e. The van der Waals surface area contributed by atoms with Gasteiger partial charge in [0.05, 0.1) is 14.2 Å². The van der Waals surface area contributed by atoms with Crippen LogP contribution in [-0.2, 0) is 30.4 Å². The zero-order valence-electron chi connectivity index (χ0n) is 33.5. The molecule has 62 heavy (non-hydrogen) atoms. The van der Waals surface area contributed by atoms with Crippen molar-refractivity contribution >= 4 is 181 Å². The predicted molar refractivity (Wildman–Crippen MR) is 230 cm³/mol. The fourth-order valence-electron chi connectivity index (χ4n) is 5.83. The van der Waals surface area contributed by atoms with Crippen molar-refractivity contribution in [2.24, 2.45) is 20.5 Å². The SMILES string of the molecule is COc1ccccc1N=Nc1c(S(=O)(=O)O)cc2cc(NC(=O)Nc3ccc4c(O)c(N=Nc5cc(C)c(S(=O)(=O)O)cc5OC)c(S(=O)(=O)O)cc4c3)ccc2c1O.[Na].[Na].[Na]. The molecule has 20 nitrogen and oxygen atoms in total. The van der Waals surface area contributed by atoms with Crippen LogP contribution in [0.25, 0.3) is 21.5 Å². The molecule has 0 bridgehead atoms. The first kappa shape index (κ1) is 52.6. The molecule has 3 radical (unpaired) electrons. The van der Waals surface area contributed by atoms with Gasteiger partial charge in [0.2, 0.25) is 0 Å². The molecule has 0 heterocycles. The van der Waals surface area contributed by atoms with Crippen molar-refractivity contribution in [1.82, 2.24) is 0 Å². The number of hydrogen-bond acceptors (Lipinski definition) is 15. The fourth-order valence-corrected chi connectivity index (χ4v) is 7.87. The number of carbonyl (C=O) groups excluding carboxylic acids is 1. The van der Waals surface area contributed by atoms with Crippen molar-refractivity contribution in [3.63, 3.8) is 0 Å². The van der Waals surface area contributed by atoms with Crippen LogP contribution < -0.4 is 20.1 Å². The summed E-state index contributed by atoms with van der Waals surface area (Å²) in [5.41, 5.74) is -0.957. The Morgan fingerprint density at radius 2 is 0.984 bits per heavy atom. The van der Waals surface area contributed by atoms with E-state index in [1.54, 1.807) is 18.2 Å². The molecule has 0 saturated heterocycles. The predicted octanol–water partition coefficient (Wildman–Crippen LogP) is 6.80. The maximum absolute atomic E-state index is 13.1. The molecule has 2 amide bonds. The van der Waals surface area contributed by atoms with Gasteiger partial charge in [-0.15, -0.1) is 20.5 Å². The van der Waals surface area contributed by atoms with Gasteiger partial charge in [-0.05, 0) is 90.0 Å². The molecule has 7 N–H and O–H groups in total. The summed E-state index contributed by atoms with van der Waals surface area (Å²) in [6, 6.07) is 17.6. The molecule has 0 unspecified atom stereocenters. The Morgan fingerprint density at radius 3 is 1.42 bits per heavy atom. The third kappa shape index (κ3) is 11.7. The van der Waals surface area contributed by atoms with E-state index >= 15 is 0 Å². The van der Waals surface area contributed by atoms with Gasteiger partial charge in [0.25, 0.3) is 30.4 Å². The Labute approximate surface area is 420 Å². The summed E-state index contributed by atoms with van der Waals surface area (Å²) in [5.74, 6) is -1.26. The summed E-state index contributed by atoms with van der Waals surface area (Å²) < 4.78 is 113. The minimum atomic E-state index is -5.08. The summed E-state index contributed by atoms with van der Waals surface area (Å²) in [7, 11) is -12.1. The van der Waals surface area contributed by atoms with Crippen LogP contribution in [0.5, 0.6) is 23.0 Å². The van der Waals surface area contributed by atoms with E-state index in [1.807, 2.05) is 0 Å². The first-order valence-electron chi connectivity index (χ1n) is 16.4. The molecule has 0 aliphatic heterocycles. The third-order valence-corrected chi connectivity index (χ3v) is 11.3. The van der Waals surface area contributed by atoms with E-state index in [2.05, 4.69) is 31.1 Å². The van der Waals surface area contributed by atoms with Crippen LogP contribution in [0.2, 0.25) is 0 Å². The molecule has 0 spiro atoms. The minimum Gasteiger partial charge on any atom is -0.505 e. The number of carbonyl (C=O) groups is 1. The maximum atomic E-state index is 13.1. The molecule has 0 aliphatic rings. The number of methoxy groups -OCH3 is 2. The Morgan fingerprint density at radius 1 is 0.548 bits per heavy atom. The Balaban J connectivity index is 0.00000341. The molecule has 0 atom stereocenters. The smallest absolute Gasteiger partial charge is 0.323 e. The second kappa shape index (κ2) is 20.8. The Hall–Kier alpha value is -3.76. The normalized spacial score (nSPS) is 11.8. The van der Waals surface area contributed by atoms with E-state index < -0.39 is 73.9 Å². The quantitative estimate of drug-likeness (QED) is 0.0399. The maximum Gasteiger partial charge on any atom is 0.323 e. The number of urea groups is 1. The molecule has 6 rings (SSSR count). The van der Waals surface area contributed by atoms with Crippen molar-refractivity contribution in [3.05, 3.63) is 90.5 Å². The number of aryl methyl sites for hydroxylation is 1. The van der Waals surface area contributed by atoms with Gasteiger partial charge in [0, 0.05) is 117 Å². The van der Waals surface area contributed by atoms with Crippen molar-refractivity contribution < 1.29 is 63.4 Å². The molecule has 26 heteroatoms. The summed E-state index contributed by atoms with van der Waals surface area (Å²) in [6.07, 6.45) is 0. The molecule has 6 aromatic carbocycles. The molecular formula is C36H30N6Na3O14S3. The number of phenolic OH excluding ortho intramolecular Hbond substituents is 2. The van der Waals surface area contributed by atoms with Crippen molar-refractivity contribution in [1.29, 1.82) is 0 Å². The zero-order chi connectivity index (χ0) is 43.0. The van der Waals surface area contributed by atoms with Gasteiger partial charge in [-0.2, -0.15) is 25.3 Å². The van der Waals surface area contributed by atoms with Gasteiger partial charge < -0.3 is 30.3 Å². The molecule has 0 fully saturated rings. The topological polar surface area (TPSA) is 313 Å². The standard InChI is InChI=1S/C36H30N6O14S3.3Na/c1-18-12-26(28(56-3)17-29(18)57(46,47)48)40-42-33-31(59(52,53)54)16-20-14-22(9-11-24(20)35(33)44)38-36(45)37-21-8-10-23-19(13-21)15-30(58(49,50)51)32(34(23)43)41-39-25-6-4-5-7-27(25)55-2;;;/h4-17,43-44H,1-3H3,(H2,37,38,45)(H,46,47,48)(H,49,50,51)(H,52,53,54);;;. The average molecular weight is 936 g/mol. The van der Waals surface area contributed by atoms with Crippen LogP contribution in [0.1, 0.15) is 5.56 Å². The fraction of sp³-hybridized carbons (Fsp3) is 0.0833. The molecule has 0 aromatic heterocycles. The number of rotatable bonds is 11. The van der Waals surface area contributed by atoms with Gasteiger partial charge >= 0.3 is 6.03 Å². The molecule has 0 saturated carbocycles. The van der Waals surface area contributed by atoms with E-state index in [4.69, 9.17) is 9.47 Å². The second-order valence-corrected chi connectivity index (χ2v) is 16.6.